The average molecular weight is 228 g/mol. The predicted molar refractivity (Wildman–Crippen MR) is 62.8 cm³/mol. The molecule has 0 aliphatic rings. The summed E-state index contributed by atoms with van der Waals surface area (Å²) in [5, 5.41) is 4.05. The number of nitrogen functional groups attached to an aromatic ring is 1. The number of nitrogens with zero attached hydrogens (tertiary/aromatic N) is 3. The Hall–Kier alpha value is -2.43. The number of benzene rings is 1. The van der Waals surface area contributed by atoms with Crippen LogP contribution < -0.4 is 5.73 Å². The molecule has 4 nitrogen and oxygen atoms in total. The molecule has 2 N–H and O–H groups in total. The van der Waals surface area contributed by atoms with Crippen LogP contribution in [0.1, 0.15) is 0 Å². The molecule has 0 bridgehead atoms. The second-order valence-corrected chi connectivity index (χ2v) is 3.63. The number of rotatable bonds is 1. The number of nitrogens with two attached hydrogens (primary N) is 1. The summed E-state index contributed by atoms with van der Waals surface area (Å²) < 4.78 is 15.3. The fourth-order valence-corrected chi connectivity index (χ4v) is 1.79. The van der Waals surface area contributed by atoms with Gasteiger partial charge in [0, 0.05) is 5.56 Å². The first-order valence-corrected chi connectivity index (χ1v) is 5.12. The van der Waals surface area contributed by atoms with Crippen LogP contribution in [0.25, 0.3) is 16.9 Å². The largest absolute Gasteiger partial charge is 0.366 e. The second kappa shape index (κ2) is 3.55. The first-order chi connectivity index (χ1) is 8.25. The molecule has 0 unspecified atom stereocenters. The van der Waals surface area contributed by atoms with Gasteiger partial charge in [-0.1, -0.05) is 18.2 Å². The Kier molecular flexibility index (Phi) is 2.04. The number of fused-ring (bicyclic) bond motifs is 1. The molecule has 2 heterocycles. The minimum atomic E-state index is -0.297. The van der Waals surface area contributed by atoms with Gasteiger partial charge >= 0.3 is 0 Å². The Balaban J connectivity index is 2.34. The van der Waals surface area contributed by atoms with E-state index in [0.29, 0.717) is 16.9 Å². The molecule has 0 saturated carbocycles. The van der Waals surface area contributed by atoms with Crippen LogP contribution in [-0.2, 0) is 0 Å². The number of anilines is 1. The number of pyridine rings is 1. The van der Waals surface area contributed by atoms with Crippen molar-refractivity contribution in [2.24, 2.45) is 0 Å². The van der Waals surface area contributed by atoms with Crippen molar-refractivity contribution in [1.82, 2.24) is 14.6 Å². The lowest BCUT2D eigenvalue weighted by atomic mass is 10.1. The van der Waals surface area contributed by atoms with Crippen LogP contribution in [0.2, 0.25) is 0 Å². The van der Waals surface area contributed by atoms with Crippen molar-refractivity contribution in [2.75, 3.05) is 5.73 Å². The highest BCUT2D eigenvalue weighted by molar-refractivity contribution is 5.64. The van der Waals surface area contributed by atoms with Gasteiger partial charge in [0.1, 0.15) is 5.82 Å². The van der Waals surface area contributed by atoms with Crippen LogP contribution >= 0.6 is 0 Å². The molecule has 5 heteroatoms. The Bertz CT molecular complexity index is 690. The molecule has 0 amide bonds. The van der Waals surface area contributed by atoms with E-state index in [2.05, 4.69) is 10.1 Å². The van der Waals surface area contributed by atoms with Crippen molar-refractivity contribution in [2.45, 2.75) is 0 Å². The van der Waals surface area contributed by atoms with E-state index in [-0.39, 0.29) is 11.8 Å². The number of hydrogen-bond donors (Lipinski definition) is 1. The summed E-state index contributed by atoms with van der Waals surface area (Å²) in [6, 6.07) is 11.9. The Labute approximate surface area is 96.5 Å². The molecule has 17 heavy (non-hydrogen) atoms. The van der Waals surface area contributed by atoms with Gasteiger partial charge in [-0.05, 0) is 24.3 Å². The highest BCUT2D eigenvalue weighted by Crippen LogP contribution is 2.22. The topological polar surface area (TPSA) is 56.2 Å². The van der Waals surface area contributed by atoms with E-state index >= 15 is 0 Å². The SMILES string of the molecule is Nc1nc2cccc(-c3ccccc3F)n2n1. The van der Waals surface area contributed by atoms with Crippen molar-refractivity contribution in [1.29, 1.82) is 0 Å². The number of halogens is 1. The van der Waals surface area contributed by atoms with Gasteiger partial charge in [0.15, 0.2) is 5.65 Å². The minimum absolute atomic E-state index is 0.175. The molecule has 0 saturated heterocycles. The summed E-state index contributed by atoms with van der Waals surface area (Å²) >= 11 is 0. The van der Waals surface area contributed by atoms with Gasteiger partial charge in [-0.2, -0.15) is 4.98 Å². The molecule has 0 fully saturated rings. The second-order valence-electron chi connectivity index (χ2n) is 3.63. The maximum Gasteiger partial charge on any atom is 0.240 e. The summed E-state index contributed by atoms with van der Waals surface area (Å²) in [6.45, 7) is 0. The van der Waals surface area contributed by atoms with E-state index < -0.39 is 0 Å². The van der Waals surface area contributed by atoms with Crippen LogP contribution in [0.3, 0.4) is 0 Å². The molecule has 1 aromatic carbocycles. The fourth-order valence-electron chi connectivity index (χ4n) is 1.79. The summed E-state index contributed by atoms with van der Waals surface area (Å²) in [5.74, 6) is -0.122. The Morgan fingerprint density at radius 2 is 1.88 bits per heavy atom. The monoisotopic (exact) mass is 228 g/mol. The summed E-state index contributed by atoms with van der Waals surface area (Å²) in [5.41, 5.74) is 7.24. The van der Waals surface area contributed by atoms with Gasteiger partial charge in [0.05, 0.1) is 5.69 Å². The van der Waals surface area contributed by atoms with E-state index in [4.69, 9.17) is 5.73 Å². The first kappa shape index (κ1) is 9.77. The third-order valence-corrected chi connectivity index (χ3v) is 2.53. The molecular formula is C12H9FN4. The zero-order valence-corrected chi connectivity index (χ0v) is 8.84. The molecule has 0 aliphatic heterocycles. The van der Waals surface area contributed by atoms with Crippen LogP contribution in [-0.4, -0.2) is 14.6 Å². The quantitative estimate of drug-likeness (QED) is 0.694. The summed E-state index contributed by atoms with van der Waals surface area (Å²) in [6.07, 6.45) is 0. The van der Waals surface area contributed by atoms with Gasteiger partial charge in [0.25, 0.3) is 0 Å². The number of hydrogen-bond acceptors (Lipinski definition) is 3. The van der Waals surface area contributed by atoms with E-state index in [9.17, 15) is 4.39 Å². The van der Waals surface area contributed by atoms with Crippen LogP contribution in [0.5, 0.6) is 0 Å². The van der Waals surface area contributed by atoms with E-state index in [0.717, 1.165) is 0 Å². The molecule has 0 atom stereocenters. The third-order valence-electron chi connectivity index (χ3n) is 2.53. The highest BCUT2D eigenvalue weighted by atomic mass is 19.1. The molecule has 0 aliphatic carbocycles. The standard InChI is InChI=1S/C12H9FN4/c13-9-5-2-1-4-8(9)10-6-3-7-11-15-12(14)16-17(10)11/h1-7H,(H2,14,16). The summed E-state index contributed by atoms with van der Waals surface area (Å²) in [4.78, 5) is 4.04. The molecule has 84 valence electrons. The lowest BCUT2D eigenvalue weighted by molar-refractivity contribution is 0.630. The average Bonchev–Trinajstić information content (AvgIpc) is 2.70. The van der Waals surface area contributed by atoms with E-state index in [1.807, 2.05) is 0 Å². The lowest BCUT2D eigenvalue weighted by Crippen LogP contribution is -1.96. The van der Waals surface area contributed by atoms with E-state index in [1.54, 1.807) is 36.4 Å². The van der Waals surface area contributed by atoms with Gasteiger partial charge in [0.2, 0.25) is 5.95 Å². The molecule has 0 radical (unpaired) electrons. The van der Waals surface area contributed by atoms with Gasteiger partial charge < -0.3 is 5.73 Å². The Morgan fingerprint density at radius 1 is 1.06 bits per heavy atom. The lowest BCUT2D eigenvalue weighted by Gasteiger charge is -2.04. The first-order valence-electron chi connectivity index (χ1n) is 5.12. The molecule has 3 rings (SSSR count). The van der Waals surface area contributed by atoms with Gasteiger partial charge in [-0.15, -0.1) is 5.10 Å². The summed E-state index contributed by atoms with van der Waals surface area (Å²) in [7, 11) is 0. The number of aromatic nitrogens is 3. The third kappa shape index (κ3) is 1.52. The molecular weight excluding hydrogens is 219 g/mol. The minimum Gasteiger partial charge on any atom is -0.366 e. The van der Waals surface area contributed by atoms with Crippen molar-refractivity contribution < 1.29 is 4.39 Å². The zero-order valence-electron chi connectivity index (χ0n) is 8.84. The smallest absolute Gasteiger partial charge is 0.240 e. The van der Waals surface area contributed by atoms with Crippen molar-refractivity contribution in [3.05, 3.63) is 48.3 Å². The zero-order chi connectivity index (χ0) is 11.8. The Morgan fingerprint density at radius 3 is 2.71 bits per heavy atom. The normalized spacial score (nSPS) is 10.9. The predicted octanol–water partition coefficient (Wildman–Crippen LogP) is 2.12. The molecule has 2 aromatic heterocycles. The van der Waals surface area contributed by atoms with Gasteiger partial charge in [-0.25, -0.2) is 8.91 Å². The molecule has 0 spiro atoms. The van der Waals surface area contributed by atoms with Crippen LogP contribution in [0.4, 0.5) is 10.3 Å². The van der Waals surface area contributed by atoms with Gasteiger partial charge in [-0.3, -0.25) is 0 Å². The van der Waals surface area contributed by atoms with Crippen LogP contribution in [0.15, 0.2) is 42.5 Å². The van der Waals surface area contributed by atoms with Crippen molar-refractivity contribution in [3.63, 3.8) is 0 Å². The maximum absolute atomic E-state index is 13.7. The highest BCUT2D eigenvalue weighted by Gasteiger charge is 2.10. The fraction of sp³-hybridized carbons (Fsp3) is 0. The molecule has 3 aromatic rings. The van der Waals surface area contributed by atoms with Crippen molar-refractivity contribution in [3.8, 4) is 11.3 Å². The maximum atomic E-state index is 13.7. The van der Waals surface area contributed by atoms with Crippen LogP contribution in [0, 0.1) is 5.82 Å². The van der Waals surface area contributed by atoms with Crippen molar-refractivity contribution >= 4 is 11.6 Å². The van der Waals surface area contributed by atoms with E-state index in [1.165, 1.54) is 10.6 Å².